The van der Waals surface area contributed by atoms with Gasteiger partial charge in [-0.05, 0) is 24.4 Å². The van der Waals surface area contributed by atoms with Crippen molar-refractivity contribution in [1.82, 2.24) is 5.43 Å². The molecular weight excluding hydrogens is 267 g/mol. The topological polar surface area (TPSA) is 59.6 Å². The van der Waals surface area contributed by atoms with Crippen LogP contribution in [-0.4, -0.2) is 24.1 Å². The molecule has 1 aromatic rings. The summed E-state index contributed by atoms with van der Waals surface area (Å²) in [5.41, 5.74) is 7.81. The van der Waals surface area contributed by atoms with Gasteiger partial charge in [0.15, 0.2) is 11.7 Å². The van der Waals surface area contributed by atoms with Crippen LogP contribution in [0.3, 0.4) is 0 Å². The molecule has 98 valence electrons. The van der Waals surface area contributed by atoms with Crippen molar-refractivity contribution in [2.75, 3.05) is 6.61 Å². The predicted octanol–water partition coefficient (Wildman–Crippen LogP) is 1.79. The van der Waals surface area contributed by atoms with E-state index in [9.17, 15) is 13.2 Å². The third-order valence-electron chi connectivity index (χ3n) is 1.69. The second-order valence-electron chi connectivity index (χ2n) is 3.18. The predicted molar refractivity (Wildman–Crippen MR) is 65.5 cm³/mol. The summed E-state index contributed by atoms with van der Waals surface area (Å²) in [7, 11) is 0. The number of para-hydroxylation sites is 1. The second kappa shape index (κ2) is 6.20. The summed E-state index contributed by atoms with van der Waals surface area (Å²) in [4.78, 5) is 0. The number of nitrogens with one attached hydrogen (secondary N) is 1. The number of halogens is 3. The summed E-state index contributed by atoms with van der Waals surface area (Å²) in [6, 6.07) is 6.16. The number of nitrogens with zero attached hydrogens (tertiary/aromatic N) is 1. The normalized spacial score (nSPS) is 11.5. The van der Waals surface area contributed by atoms with Gasteiger partial charge < -0.3 is 10.5 Å². The lowest BCUT2D eigenvalue weighted by Gasteiger charge is -2.10. The Balaban J connectivity index is 2.73. The van der Waals surface area contributed by atoms with Gasteiger partial charge in [-0.1, -0.05) is 12.1 Å². The van der Waals surface area contributed by atoms with Crippen molar-refractivity contribution >= 4 is 23.5 Å². The molecule has 0 aliphatic carbocycles. The van der Waals surface area contributed by atoms with Crippen LogP contribution >= 0.6 is 12.2 Å². The van der Waals surface area contributed by atoms with Gasteiger partial charge in [-0.3, -0.25) is 5.43 Å². The van der Waals surface area contributed by atoms with E-state index in [4.69, 9.17) is 5.73 Å². The molecule has 4 nitrogen and oxygen atoms in total. The van der Waals surface area contributed by atoms with E-state index < -0.39 is 12.8 Å². The Morgan fingerprint density at radius 3 is 2.72 bits per heavy atom. The minimum absolute atomic E-state index is 0.0417. The van der Waals surface area contributed by atoms with E-state index in [0.717, 1.165) is 0 Å². The van der Waals surface area contributed by atoms with Crippen molar-refractivity contribution in [1.29, 1.82) is 0 Å². The highest BCUT2D eigenvalue weighted by molar-refractivity contribution is 7.80. The van der Waals surface area contributed by atoms with Crippen LogP contribution in [0.25, 0.3) is 0 Å². The highest BCUT2D eigenvalue weighted by atomic mass is 32.1. The summed E-state index contributed by atoms with van der Waals surface area (Å²) in [6.45, 7) is -1.36. The van der Waals surface area contributed by atoms with Crippen molar-refractivity contribution in [3.05, 3.63) is 29.8 Å². The molecule has 0 fully saturated rings. The molecule has 1 rings (SSSR count). The Bertz CT molecular complexity index is 448. The molecule has 0 unspecified atom stereocenters. The van der Waals surface area contributed by atoms with Gasteiger partial charge in [0.05, 0.1) is 6.21 Å². The third-order valence-corrected chi connectivity index (χ3v) is 1.78. The number of hydrazone groups is 1. The van der Waals surface area contributed by atoms with Crippen molar-refractivity contribution in [2.24, 2.45) is 10.8 Å². The quantitative estimate of drug-likeness (QED) is 0.500. The standard InChI is InChI=1S/C10H10F3N3OS/c11-10(12,13)6-17-8-4-2-1-3-7(8)5-15-16-9(14)18/h1-5H,6H2,(H3,14,16,18). The fourth-order valence-corrected chi connectivity index (χ4v) is 1.10. The Kier molecular flexibility index (Phi) is 4.90. The molecule has 0 spiro atoms. The van der Waals surface area contributed by atoms with Crippen molar-refractivity contribution in [3.63, 3.8) is 0 Å². The van der Waals surface area contributed by atoms with Crippen LogP contribution in [-0.2, 0) is 0 Å². The second-order valence-corrected chi connectivity index (χ2v) is 3.62. The molecule has 0 saturated heterocycles. The van der Waals surface area contributed by atoms with E-state index in [1.54, 1.807) is 18.2 Å². The molecule has 8 heteroatoms. The van der Waals surface area contributed by atoms with Crippen LogP contribution < -0.4 is 15.9 Å². The van der Waals surface area contributed by atoms with Crippen LogP contribution in [0, 0.1) is 0 Å². The Morgan fingerprint density at radius 1 is 1.44 bits per heavy atom. The molecule has 0 aliphatic rings. The molecular formula is C10H10F3N3OS. The Morgan fingerprint density at radius 2 is 2.11 bits per heavy atom. The number of hydrogen-bond donors (Lipinski definition) is 2. The smallest absolute Gasteiger partial charge is 0.422 e. The van der Waals surface area contributed by atoms with Gasteiger partial charge in [-0.2, -0.15) is 18.3 Å². The molecule has 18 heavy (non-hydrogen) atoms. The fourth-order valence-electron chi connectivity index (χ4n) is 1.04. The molecule has 0 aromatic heterocycles. The van der Waals surface area contributed by atoms with Crippen molar-refractivity contribution in [2.45, 2.75) is 6.18 Å². The highest BCUT2D eigenvalue weighted by Gasteiger charge is 2.28. The Labute approximate surface area is 107 Å². The number of ether oxygens (including phenoxy) is 1. The zero-order valence-corrected chi connectivity index (χ0v) is 9.89. The molecule has 0 heterocycles. The maximum absolute atomic E-state index is 12.0. The van der Waals surface area contributed by atoms with Crippen molar-refractivity contribution < 1.29 is 17.9 Å². The first-order valence-corrected chi connectivity index (χ1v) is 5.16. The number of hydrogen-bond acceptors (Lipinski definition) is 3. The third kappa shape index (κ3) is 5.48. The number of nitrogens with two attached hydrogens (primary N) is 1. The van der Waals surface area contributed by atoms with Crippen LogP contribution in [0.15, 0.2) is 29.4 Å². The molecule has 1 aromatic carbocycles. The summed E-state index contributed by atoms with van der Waals surface area (Å²) >= 11 is 4.52. The minimum Gasteiger partial charge on any atom is -0.483 e. The first-order valence-electron chi connectivity index (χ1n) is 4.75. The number of thiocarbonyl (C=S) groups is 1. The first kappa shape index (κ1) is 14.2. The lowest BCUT2D eigenvalue weighted by Crippen LogP contribution is -2.24. The largest absolute Gasteiger partial charge is 0.483 e. The van der Waals surface area contributed by atoms with E-state index in [0.29, 0.717) is 5.56 Å². The first-order chi connectivity index (χ1) is 8.38. The van der Waals surface area contributed by atoms with E-state index in [2.05, 4.69) is 27.5 Å². The van der Waals surface area contributed by atoms with Gasteiger partial charge in [-0.25, -0.2) is 0 Å². The molecule has 0 saturated carbocycles. The van der Waals surface area contributed by atoms with E-state index >= 15 is 0 Å². The SMILES string of the molecule is NC(=S)NN=Cc1ccccc1OCC(F)(F)F. The molecule has 0 atom stereocenters. The van der Waals surface area contributed by atoms with Gasteiger partial charge >= 0.3 is 6.18 Å². The molecule has 0 aliphatic heterocycles. The zero-order chi connectivity index (χ0) is 13.6. The van der Waals surface area contributed by atoms with E-state index in [1.807, 2.05) is 0 Å². The van der Waals surface area contributed by atoms with E-state index in [-0.39, 0.29) is 10.9 Å². The van der Waals surface area contributed by atoms with Crippen LogP contribution in [0.2, 0.25) is 0 Å². The number of benzene rings is 1. The maximum Gasteiger partial charge on any atom is 0.422 e. The van der Waals surface area contributed by atoms with Crippen LogP contribution in [0.5, 0.6) is 5.75 Å². The number of rotatable bonds is 4. The van der Waals surface area contributed by atoms with Crippen molar-refractivity contribution in [3.8, 4) is 5.75 Å². The Hall–Kier alpha value is -1.83. The maximum atomic E-state index is 12.0. The molecule has 0 radical (unpaired) electrons. The molecule has 0 amide bonds. The monoisotopic (exact) mass is 277 g/mol. The van der Waals surface area contributed by atoms with E-state index in [1.165, 1.54) is 12.3 Å². The average molecular weight is 277 g/mol. The van der Waals surface area contributed by atoms with Gasteiger partial charge in [0, 0.05) is 5.56 Å². The summed E-state index contributed by atoms with van der Waals surface area (Å²) in [5.74, 6) is 0.0725. The fraction of sp³-hybridized carbons (Fsp3) is 0.200. The summed E-state index contributed by atoms with van der Waals surface area (Å²) in [5, 5.41) is 3.60. The highest BCUT2D eigenvalue weighted by Crippen LogP contribution is 2.20. The van der Waals surface area contributed by atoms with Gasteiger partial charge in [0.1, 0.15) is 5.75 Å². The van der Waals surface area contributed by atoms with Crippen LogP contribution in [0.4, 0.5) is 13.2 Å². The van der Waals surface area contributed by atoms with Gasteiger partial charge in [-0.15, -0.1) is 0 Å². The zero-order valence-electron chi connectivity index (χ0n) is 9.07. The van der Waals surface area contributed by atoms with Crippen LogP contribution in [0.1, 0.15) is 5.56 Å². The van der Waals surface area contributed by atoms with Gasteiger partial charge in [0.2, 0.25) is 0 Å². The lowest BCUT2D eigenvalue weighted by atomic mass is 10.2. The summed E-state index contributed by atoms with van der Waals surface area (Å²) < 4.78 is 40.7. The van der Waals surface area contributed by atoms with Gasteiger partial charge in [0.25, 0.3) is 0 Å². The number of alkyl halides is 3. The minimum atomic E-state index is -4.39. The average Bonchev–Trinajstić information content (AvgIpc) is 2.26. The molecule has 0 bridgehead atoms. The molecule has 3 N–H and O–H groups in total. The summed E-state index contributed by atoms with van der Waals surface area (Å²) in [6.07, 6.45) is -3.12. The lowest BCUT2D eigenvalue weighted by molar-refractivity contribution is -0.153.